The molecule has 5 heteroatoms. The first kappa shape index (κ1) is 16.5. The highest BCUT2D eigenvalue weighted by Gasteiger charge is 2.26. The van der Waals surface area contributed by atoms with E-state index in [-0.39, 0.29) is 5.91 Å². The smallest absolute Gasteiger partial charge is 0.244 e. The van der Waals surface area contributed by atoms with Gasteiger partial charge in [0.15, 0.2) is 0 Å². The Hall–Kier alpha value is -1.59. The van der Waals surface area contributed by atoms with Gasteiger partial charge >= 0.3 is 0 Å². The van der Waals surface area contributed by atoms with E-state index in [0.29, 0.717) is 31.1 Å². The number of nitrogens with two attached hydrogens (primary N) is 1. The Morgan fingerprint density at radius 3 is 2.70 bits per heavy atom. The third-order valence-corrected chi connectivity index (χ3v) is 3.18. The summed E-state index contributed by atoms with van der Waals surface area (Å²) in [7, 11) is 1.61. The predicted molar refractivity (Wildman–Crippen MR) is 80.1 cm³/mol. The van der Waals surface area contributed by atoms with E-state index in [0.717, 1.165) is 5.56 Å². The molecule has 0 fully saturated rings. The van der Waals surface area contributed by atoms with E-state index in [9.17, 15) is 4.79 Å². The van der Waals surface area contributed by atoms with Crippen molar-refractivity contribution in [2.24, 2.45) is 5.73 Å². The molecule has 5 nitrogen and oxygen atoms in total. The summed E-state index contributed by atoms with van der Waals surface area (Å²) in [6, 6.07) is 5.62. The summed E-state index contributed by atoms with van der Waals surface area (Å²) in [5, 5.41) is 2.83. The van der Waals surface area contributed by atoms with Gasteiger partial charge in [-0.25, -0.2) is 0 Å². The molecule has 0 heterocycles. The number of methoxy groups -OCH3 is 1. The van der Waals surface area contributed by atoms with Crippen molar-refractivity contribution in [3.8, 4) is 5.75 Å². The Morgan fingerprint density at radius 2 is 2.10 bits per heavy atom. The summed E-state index contributed by atoms with van der Waals surface area (Å²) in [5.74, 6) is 0.405. The molecule has 20 heavy (non-hydrogen) atoms. The third kappa shape index (κ3) is 4.51. The van der Waals surface area contributed by atoms with Crippen LogP contribution in [0.4, 0.5) is 5.69 Å². The van der Waals surface area contributed by atoms with Crippen molar-refractivity contribution in [1.82, 2.24) is 0 Å². The summed E-state index contributed by atoms with van der Waals surface area (Å²) >= 11 is 0. The molecule has 1 atom stereocenters. The number of benzene rings is 1. The molecule has 0 bridgehead atoms. The zero-order valence-corrected chi connectivity index (χ0v) is 12.7. The monoisotopic (exact) mass is 280 g/mol. The molecule has 0 aromatic heterocycles. The highest BCUT2D eigenvalue weighted by Crippen LogP contribution is 2.26. The van der Waals surface area contributed by atoms with Gasteiger partial charge in [0.05, 0.1) is 17.8 Å². The molecule has 0 radical (unpaired) electrons. The van der Waals surface area contributed by atoms with Gasteiger partial charge in [-0.05, 0) is 38.0 Å². The van der Waals surface area contributed by atoms with Gasteiger partial charge in [0, 0.05) is 7.11 Å². The van der Waals surface area contributed by atoms with Crippen LogP contribution in [0, 0.1) is 6.92 Å². The van der Waals surface area contributed by atoms with Gasteiger partial charge in [0.2, 0.25) is 5.91 Å². The lowest BCUT2D eigenvalue weighted by molar-refractivity contribution is -0.120. The molecule has 0 aliphatic carbocycles. The standard InChI is InChI=1S/C15H24N2O3/c1-5-15(3,16)14(18)17-12-7-6-11(2)10-13(12)20-9-8-19-4/h6-7,10H,5,8-9,16H2,1-4H3,(H,17,18). The van der Waals surface area contributed by atoms with E-state index in [1.165, 1.54) is 0 Å². The van der Waals surface area contributed by atoms with Crippen molar-refractivity contribution in [2.45, 2.75) is 32.7 Å². The van der Waals surface area contributed by atoms with E-state index in [4.69, 9.17) is 15.2 Å². The fourth-order valence-electron chi connectivity index (χ4n) is 1.51. The Bertz CT molecular complexity index is 458. The number of ether oxygens (including phenoxy) is 2. The number of anilines is 1. The number of nitrogens with one attached hydrogen (secondary N) is 1. The van der Waals surface area contributed by atoms with Gasteiger partial charge in [-0.15, -0.1) is 0 Å². The highest BCUT2D eigenvalue weighted by atomic mass is 16.5. The van der Waals surface area contributed by atoms with Crippen molar-refractivity contribution in [3.05, 3.63) is 23.8 Å². The van der Waals surface area contributed by atoms with Crippen molar-refractivity contribution in [3.63, 3.8) is 0 Å². The molecule has 0 saturated carbocycles. The number of carbonyl (C=O) groups excluding carboxylic acids is 1. The minimum Gasteiger partial charge on any atom is -0.489 e. The molecule has 1 aromatic rings. The SMILES string of the molecule is CCC(C)(N)C(=O)Nc1ccc(C)cc1OCCOC. The first-order valence-electron chi connectivity index (χ1n) is 6.73. The van der Waals surface area contributed by atoms with Crippen molar-refractivity contribution in [2.75, 3.05) is 25.6 Å². The largest absolute Gasteiger partial charge is 0.489 e. The average molecular weight is 280 g/mol. The minimum absolute atomic E-state index is 0.222. The summed E-state index contributed by atoms with van der Waals surface area (Å²) in [4.78, 5) is 12.1. The van der Waals surface area contributed by atoms with Crippen LogP contribution in [0.15, 0.2) is 18.2 Å². The molecule has 1 aromatic carbocycles. The summed E-state index contributed by atoms with van der Waals surface area (Å²) in [6.07, 6.45) is 0.560. The van der Waals surface area contributed by atoms with Gasteiger partial charge in [-0.3, -0.25) is 4.79 Å². The lowest BCUT2D eigenvalue weighted by Gasteiger charge is -2.22. The first-order chi connectivity index (χ1) is 9.40. The Kier molecular flexibility index (Phi) is 5.98. The zero-order valence-electron chi connectivity index (χ0n) is 12.7. The maximum Gasteiger partial charge on any atom is 0.244 e. The number of hydrogen-bond acceptors (Lipinski definition) is 4. The van der Waals surface area contributed by atoms with Gasteiger partial charge in [0.25, 0.3) is 0 Å². The molecule has 0 spiro atoms. The first-order valence-corrected chi connectivity index (χ1v) is 6.73. The molecule has 0 aliphatic rings. The van der Waals surface area contributed by atoms with Gasteiger partial charge in [0.1, 0.15) is 12.4 Å². The Balaban J connectivity index is 2.85. The molecular weight excluding hydrogens is 256 g/mol. The molecule has 0 aliphatic heterocycles. The van der Waals surface area contributed by atoms with Crippen LogP contribution in [0.1, 0.15) is 25.8 Å². The summed E-state index contributed by atoms with van der Waals surface area (Å²) < 4.78 is 10.6. The lowest BCUT2D eigenvalue weighted by Crippen LogP contribution is -2.47. The van der Waals surface area contributed by atoms with Gasteiger partial charge in [-0.1, -0.05) is 13.0 Å². The second-order valence-corrected chi connectivity index (χ2v) is 5.07. The van der Waals surface area contributed by atoms with Crippen LogP contribution in [0.5, 0.6) is 5.75 Å². The van der Waals surface area contributed by atoms with E-state index in [2.05, 4.69) is 5.32 Å². The van der Waals surface area contributed by atoms with Crippen molar-refractivity contribution in [1.29, 1.82) is 0 Å². The van der Waals surface area contributed by atoms with E-state index in [1.54, 1.807) is 14.0 Å². The summed E-state index contributed by atoms with van der Waals surface area (Å²) in [6.45, 7) is 6.47. The van der Waals surface area contributed by atoms with E-state index < -0.39 is 5.54 Å². The second-order valence-electron chi connectivity index (χ2n) is 5.07. The van der Waals surface area contributed by atoms with E-state index >= 15 is 0 Å². The van der Waals surface area contributed by atoms with Gasteiger partial charge in [-0.2, -0.15) is 0 Å². The maximum absolute atomic E-state index is 12.1. The fourth-order valence-corrected chi connectivity index (χ4v) is 1.51. The Morgan fingerprint density at radius 1 is 1.40 bits per heavy atom. The second kappa shape index (κ2) is 7.26. The quantitative estimate of drug-likeness (QED) is 0.750. The fraction of sp³-hybridized carbons (Fsp3) is 0.533. The van der Waals surface area contributed by atoms with E-state index in [1.807, 2.05) is 32.0 Å². The molecule has 112 valence electrons. The maximum atomic E-state index is 12.1. The topological polar surface area (TPSA) is 73.6 Å². The number of amides is 1. The number of rotatable bonds is 7. The number of aryl methyl sites for hydroxylation is 1. The molecule has 0 saturated heterocycles. The van der Waals surface area contributed by atoms with Gasteiger partial charge < -0.3 is 20.5 Å². The molecule has 3 N–H and O–H groups in total. The molecular formula is C15H24N2O3. The van der Waals surface area contributed by atoms with Crippen LogP contribution in [0.2, 0.25) is 0 Å². The number of carbonyl (C=O) groups is 1. The van der Waals surface area contributed by atoms with Crippen LogP contribution in [0.3, 0.4) is 0 Å². The van der Waals surface area contributed by atoms with Crippen molar-refractivity contribution >= 4 is 11.6 Å². The van der Waals surface area contributed by atoms with Crippen LogP contribution in [-0.2, 0) is 9.53 Å². The van der Waals surface area contributed by atoms with Crippen LogP contribution >= 0.6 is 0 Å². The molecule has 1 rings (SSSR count). The third-order valence-electron chi connectivity index (χ3n) is 3.18. The predicted octanol–water partition coefficient (Wildman–Crippen LogP) is 2.09. The average Bonchev–Trinajstić information content (AvgIpc) is 2.41. The zero-order chi connectivity index (χ0) is 15.2. The van der Waals surface area contributed by atoms with Crippen LogP contribution < -0.4 is 15.8 Å². The van der Waals surface area contributed by atoms with Crippen LogP contribution in [0.25, 0.3) is 0 Å². The number of hydrogen-bond donors (Lipinski definition) is 2. The molecule has 1 amide bonds. The normalized spacial score (nSPS) is 13.7. The minimum atomic E-state index is -0.894. The lowest BCUT2D eigenvalue weighted by atomic mass is 9.99. The summed E-state index contributed by atoms with van der Waals surface area (Å²) in [5.41, 5.74) is 6.73. The van der Waals surface area contributed by atoms with Crippen LogP contribution in [-0.4, -0.2) is 31.8 Å². The molecule has 1 unspecified atom stereocenters. The highest BCUT2D eigenvalue weighted by molar-refractivity contribution is 5.98. The Labute approximate surface area is 120 Å². The van der Waals surface area contributed by atoms with Crippen molar-refractivity contribution < 1.29 is 14.3 Å².